The molecule has 156 valence electrons. The Hall–Kier alpha value is -2.54. The fourth-order valence-electron chi connectivity index (χ4n) is 2.95. The fourth-order valence-corrected chi connectivity index (χ4v) is 3.10. The molecule has 0 bridgehead atoms. The van der Waals surface area contributed by atoms with Gasteiger partial charge in [0.1, 0.15) is 23.8 Å². The monoisotopic (exact) mass is 421 g/mol. The number of hydrogen-bond acceptors (Lipinski definition) is 5. The number of carbonyl (C=O) groups is 1. The molecule has 0 radical (unpaired) electrons. The summed E-state index contributed by atoms with van der Waals surface area (Å²) in [7, 11) is 0. The van der Waals surface area contributed by atoms with Crippen molar-refractivity contribution in [3.05, 3.63) is 52.8 Å². The maximum atomic E-state index is 13.9. The summed E-state index contributed by atoms with van der Waals surface area (Å²) in [5.41, 5.74) is -0.113. The number of likely N-dealkylation sites (tertiary alicyclic amines) is 1. The third kappa shape index (κ3) is 6.22. The predicted molar refractivity (Wildman–Crippen MR) is 110 cm³/mol. The summed E-state index contributed by atoms with van der Waals surface area (Å²) in [6.45, 7) is 6.76. The van der Waals surface area contributed by atoms with Gasteiger partial charge in [0.05, 0.1) is 0 Å². The molecule has 6 nitrogen and oxygen atoms in total. The molecule has 1 aliphatic heterocycles. The first-order valence-corrected chi connectivity index (χ1v) is 9.86. The molecule has 1 aromatic carbocycles. The molecule has 1 N–H and O–H groups in total. The van der Waals surface area contributed by atoms with Crippen molar-refractivity contribution in [2.75, 3.05) is 18.4 Å². The summed E-state index contributed by atoms with van der Waals surface area (Å²) in [4.78, 5) is 18.3. The number of carbonyl (C=O) groups excluding carboxylic acids is 1. The van der Waals surface area contributed by atoms with Gasteiger partial charge in [0, 0.05) is 35.8 Å². The van der Waals surface area contributed by atoms with Gasteiger partial charge in [-0.05, 0) is 45.4 Å². The molecule has 2 aromatic rings. The molecule has 1 fully saturated rings. The van der Waals surface area contributed by atoms with Crippen molar-refractivity contribution in [1.82, 2.24) is 9.88 Å². The number of nitrogens with zero attached hydrogens (tertiary/aromatic N) is 2. The zero-order valence-electron chi connectivity index (χ0n) is 16.7. The van der Waals surface area contributed by atoms with Crippen LogP contribution in [-0.4, -0.2) is 40.7 Å². The number of hydrogen-bond donors (Lipinski definition) is 1. The average molecular weight is 422 g/mol. The molecule has 0 spiro atoms. The molecule has 1 aromatic heterocycles. The van der Waals surface area contributed by atoms with E-state index in [1.807, 2.05) is 32.9 Å². The fraction of sp³-hybridized carbons (Fsp3) is 0.429. The number of pyridine rings is 1. The first-order valence-electron chi connectivity index (χ1n) is 9.48. The summed E-state index contributed by atoms with van der Waals surface area (Å²) in [6.07, 6.45) is 0.485. The molecule has 1 saturated heterocycles. The minimum Gasteiger partial charge on any atom is -0.473 e. The van der Waals surface area contributed by atoms with Gasteiger partial charge in [0.2, 0.25) is 5.88 Å². The van der Waals surface area contributed by atoms with E-state index in [0.717, 1.165) is 6.42 Å². The minimum absolute atomic E-state index is 0.0509. The number of rotatable bonds is 5. The van der Waals surface area contributed by atoms with E-state index in [9.17, 15) is 9.18 Å². The summed E-state index contributed by atoms with van der Waals surface area (Å²) >= 11 is 5.76. The van der Waals surface area contributed by atoms with Gasteiger partial charge in [0.25, 0.3) is 0 Å². The second kappa shape index (κ2) is 8.86. The van der Waals surface area contributed by atoms with Gasteiger partial charge in [-0.2, -0.15) is 4.98 Å². The third-order valence-corrected chi connectivity index (χ3v) is 4.54. The van der Waals surface area contributed by atoms with Gasteiger partial charge in [-0.3, -0.25) is 0 Å². The van der Waals surface area contributed by atoms with Crippen molar-refractivity contribution in [1.29, 1.82) is 0 Å². The summed E-state index contributed by atoms with van der Waals surface area (Å²) < 4.78 is 24.9. The Balaban J connectivity index is 1.54. The highest BCUT2D eigenvalue weighted by atomic mass is 35.5. The molecule has 3 rings (SSSR count). The zero-order chi connectivity index (χ0) is 21.0. The van der Waals surface area contributed by atoms with Crippen molar-refractivity contribution in [3.63, 3.8) is 0 Å². The Bertz CT molecular complexity index is 872. The topological polar surface area (TPSA) is 63.7 Å². The van der Waals surface area contributed by atoms with Crippen LogP contribution in [0.4, 0.5) is 15.0 Å². The second-order valence-electron chi connectivity index (χ2n) is 7.94. The van der Waals surface area contributed by atoms with Crippen LogP contribution in [0.5, 0.6) is 5.88 Å². The Kier molecular flexibility index (Phi) is 6.47. The van der Waals surface area contributed by atoms with Crippen LogP contribution in [0.1, 0.15) is 32.8 Å². The number of ether oxygens (including phenoxy) is 2. The predicted octanol–water partition coefficient (Wildman–Crippen LogP) is 4.87. The molecular formula is C21H25ClFN3O3. The molecular weight excluding hydrogens is 397 g/mol. The van der Waals surface area contributed by atoms with E-state index >= 15 is 0 Å². The van der Waals surface area contributed by atoms with E-state index in [1.165, 1.54) is 6.07 Å². The highest BCUT2D eigenvalue weighted by Crippen LogP contribution is 2.21. The zero-order valence-corrected chi connectivity index (χ0v) is 17.5. The van der Waals surface area contributed by atoms with Gasteiger partial charge in [-0.1, -0.05) is 23.7 Å². The average Bonchev–Trinajstić information content (AvgIpc) is 3.09. The van der Waals surface area contributed by atoms with Crippen LogP contribution in [-0.2, 0) is 11.3 Å². The summed E-state index contributed by atoms with van der Waals surface area (Å²) in [5, 5.41) is 3.65. The number of halogens is 2. The van der Waals surface area contributed by atoms with Crippen LogP contribution in [0, 0.1) is 5.82 Å². The summed E-state index contributed by atoms with van der Waals surface area (Å²) in [5.74, 6) is 0.599. The van der Waals surface area contributed by atoms with E-state index in [-0.39, 0.29) is 18.7 Å². The molecule has 1 amide bonds. The number of aromatic nitrogens is 1. The van der Waals surface area contributed by atoms with E-state index in [4.69, 9.17) is 21.1 Å². The molecule has 1 atom stereocenters. The van der Waals surface area contributed by atoms with Crippen molar-refractivity contribution in [2.24, 2.45) is 0 Å². The number of benzene rings is 1. The van der Waals surface area contributed by atoms with Gasteiger partial charge in [0.15, 0.2) is 0 Å². The lowest BCUT2D eigenvalue weighted by Crippen LogP contribution is -2.36. The quantitative estimate of drug-likeness (QED) is 0.745. The minimum atomic E-state index is -0.514. The largest absolute Gasteiger partial charge is 0.473 e. The highest BCUT2D eigenvalue weighted by Gasteiger charge is 2.29. The standard InChI is InChI=1S/C21H25ClFN3O3/c1-21(2,3)29-20(27)26-10-9-16(12-26)24-18-5-4-6-19(25-18)28-13-14-7-8-15(22)11-17(14)23/h4-8,11,16H,9-10,12-13H2,1-3H3,(H,24,25). The first-order chi connectivity index (χ1) is 13.7. The number of anilines is 1. The molecule has 1 unspecified atom stereocenters. The van der Waals surface area contributed by atoms with Gasteiger partial charge in [-0.25, -0.2) is 9.18 Å². The highest BCUT2D eigenvalue weighted by molar-refractivity contribution is 6.30. The van der Waals surface area contributed by atoms with Crippen molar-refractivity contribution in [3.8, 4) is 5.88 Å². The lowest BCUT2D eigenvalue weighted by molar-refractivity contribution is 0.0293. The molecule has 0 saturated carbocycles. The van der Waals surface area contributed by atoms with Crippen LogP contribution in [0.25, 0.3) is 0 Å². The van der Waals surface area contributed by atoms with Crippen LogP contribution < -0.4 is 10.1 Å². The second-order valence-corrected chi connectivity index (χ2v) is 8.38. The van der Waals surface area contributed by atoms with Crippen molar-refractivity contribution in [2.45, 2.75) is 45.4 Å². The Morgan fingerprint density at radius 1 is 1.34 bits per heavy atom. The van der Waals surface area contributed by atoms with Gasteiger partial charge < -0.3 is 19.7 Å². The maximum absolute atomic E-state index is 13.9. The van der Waals surface area contributed by atoms with Gasteiger partial charge >= 0.3 is 6.09 Å². The number of nitrogens with one attached hydrogen (secondary N) is 1. The van der Waals surface area contributed by atoms with E-state index < -0.39 is 11.4 Å². The third-order valence-electron chi connectivity index (χ3n) is 4.31. The van der Waals surface area contributed by atoms with Gasteiger partial charge in [-0.15, -0.1) is 0 Å². The molecule has 29 heavy (non-hydrogen) atoms. The van der Waals surface area contributed by atoms with Crippen LogP contribution in [0.15, 0.2) is 36.4 Å². The molecule has 8 heteroatoms. The lowest BCUT2D eigenvalue weighted by Gasteiger charge is -2.24. The van der Waals surface area contributed by atoms with E-state index in [2.05, 4.69) is 10.3 Å². The van der Waals surface area contributed by atoms with Crippen LogP contribution >= 0.6 is 11.6 Å². The molecule has 1 aliphatic rings. The Morgan fingerprint density at radius 2 is 2.14 bits per heavy atom. The molecule has 0 aliphatic carbocycles. The van der Waals surface area contributed by atoms with Crippen molar-refractivity contribution >= 4 is 23.5 Å². The SMILES string of the molecule is CC(C)(C)OC(=O)N1CCC(Nc2cccc(OCc3ccc(Cl)cc3F)n2)C1. The number of amides is 1. The van der Waals surface area contributed by atoms with E-state index in [0.29, 0.717) is 35.4 Å². The maximum Gasteiger partial charge on any atom is 0.410 e. The molecule has 2 heterocycles. The van der Waals surface area contributed by atoms with Crippen LogP contribution in [0.3, 0.4) is 0 Å². The Morgan fingerprint density at radius 3 is 2.86 bits per heavy atom. The van der Waals surface area contributed by atoms with Crippen LogP contribution in [0.2, 0.25) is 5.02 Å². The van der Waals surface area contributed by atoms with E-state index in [1.54, 1.807) is 23.1 Å². The first kappa shape index (κ1) is 21.2. The summed E-state index contributed by atoms with van der Waals surface area (Å²) in [6, 6.07) is 9.87. The Labute approximate surface area is 175 Å². The normalized spacial score (nSPS) is 16.6. The lowest BCUT2D eigenvalue weighted by atomic mass is 10.2. The van der Waals surface area contributed by atoms with Crippen molar-refractivity contribution < 1.29 is 18.7 Å². The smallest absolute Gasteiger partial charge is 0.410 e.